The van der Waals surface area contributed by atoms with E-state index in [1.54, 1.807) is 0 Å². The van der Waals surface area contributed by atoms with Crippen LogP contribution in [0, 0.1) is 5.41 Å². The summed E-state index contributed by atoms with van der Waals surface area (Å²) in [5.41, 5.74) is 7.50. The number of halogens is 2. The Kier molecular flexibility index (Phi) is 3.55. The molecule has 0 amide bonds. The minimum atomic E-state index is -0.0350. The number of benzene rings is 1. The lowest BCUT2D eigenvalue weighted by molar-refractivity contribution is -0.0713. The van der Waals surface area contributed by atoms with E-state index in [0.29, 0.717) is 12.0 Å². The Labute approximate surface area is 124 Å². The predicted octanol–water partition coefficient (Wildman–Crippen LogP) is 3.78. The Hall–Kier alpha value is -0.280. The van der Waals surface area contributed by atoms with Crippen molar-refractivity contribution in [1.29, 1.82) is 0 Å². The molecule has 0 aromatic heterocycles. The Morgan fingerprint density at radius 2 is 1.68 bits per heavy atom. The van der Waals surface area contributed by atoms with Gasteiger partial charge in [-0.3, -0.25) is 0 Å². The second-order valence-electron chi connectivity index (χ2n) is 6.05. The Balaban J connectivity index is 1.90. The van der Waals surface area contributed by atoms with Crippen molar-refractivity contribution in [3.05, 3.63) is 33.8 Å². The van der Waals surface area contributed by atoms with E-state index < -0.39 is 0 Å². The van der Waals surface area contributed by atoms with Crippen molar-refractivity contribution in [3.63, 3.8) is 0 Å². The van der Waals surface area contributed by atoms with E-state index in [1.807, 2.05) is 18.2 Å². The van der Waals surface area contributed by atoms with Gasteiger partial charge in [0.05, 0.1) is 0 Å². The smallest absolute Gasteiger partial charge is 0.0471 e. The normalized spacial score (nSPS) is 24.2. The summed E-state index contributed by atoms with van der Waals surface area (Å²) in [6, 6.07) is 5.71. The van der Waals surface area contributed by atoms with Gasteiger partial charge < -0.3 is 10.5 Å². The molecule has 0 atom stereocenters. The highest BCUT2D eigenvalue weighted by Gasteiger charge is 2.55. The molecule has 1 heterocycles. The maximum absolute atomic E-state index is 6.37. The third-order valence-corrected chi connectivity index (χ3v) is 5.49. The van der Waals surface area contributed by atoms with Gasteiger partial charge >= 0.3 is 0 Å². The second kappa shape index (κ2) is 4.92. The zero-order valence-corrected chi connectivity index (χ0v) is 12.4. The van der Waals surface area contributed by atoms with Crippen LogP contribution in [-0.2, 0) is 10.2 Å². The van der Waals surface area contributed by atoms with Crippen LogP contribution in [0.15, 0.2) is 18.2 Å². The van der Waals surface area contributed by atoms with Crippen LogP contribution in [0.2, 0.25) is 10.0 Å². The minimum absolute atomic E-state index is 0.0350. The van der Waals surface area contributed by atoms with E-state index >= 15 is 0 Å². The molecule has 104 valence electrons. The molecule has 4 heteroatoms. The van der Waals surface area contributed by atoms with Crippen LogP contribution in [-0.4, -0.2) is 19.8 Å². The molecule has 1 aliphatic heterocycles. The van der Waals surface area contributed by atoms with Gasteiger partial charge in [-0.15, -0.1) is 0 Å². The zero-order chi connectivity index (χ0) is 13.5. The lowest BCUT2D eigenvalue weighted by Gasteiger charge is -2.58. The first-order valence-electron chi connectivity index (χ1n) is 6.83. The average molecular weight is 300 g/mol. The fourth-order valence-corrected chi connectivity index (χ4v) is 4.77. The van der Waals surface area contributed by atoms with Crippen LogP contribution in [0.25, 0.3) is 0 Å². The van der Waals surface area contributed by atoms with Crippen LogP contribution < -0.4 is 5.73 Å². The van der Waals surface area contributed by atoms with Gasteiger partial charge in [-0.1, -0.05) is 29.3 Å². The average Bonchev–Trinajstić information content (AvgIpc) is 2.37. The summed E-state index contributed by atoms with van der Waals surface area (Å²) >= 11 is 12.7. The van der Waals surface area contributed by atoms with E-state index in [-0.39, 0.29) is 5.41 Å². The standard InChI is InChI=1S/C15H19Cl2NO/c16-11-2-1-3-12(17)13(11)15(10-18)8-14(9-15)4-6-19-7-5-14/h1-3H,4-10,18H2. The van der Waals surface area contributed by atoms with Crippen LogP contribution in [0.4, 0.5) is 0 Å². The molecule has 1 spiro atoms. The summed E-state index contributed by atoms with van der Waals surface area (Å²) < 4.78 is 5.47. The summed E-state index contributed by atoms with van der Waals surface area (Å²) in [6.07, 6.45) is 4.44. The quantitative estimate of drug-likeness (QED) is 0.902. The summed E-state index contributed by atoms with van der Waals surface area (Å²) in [5.74, 6) is 0. The van der Waals surface area contributed by atoms with Gasteiger partial charge in [0, 0.05) is 35.2 Å². The van der Waals surface area contributed by atoms with E-state index in [0.717, 1.165) is 54.5 Å². The fourth-order valence-electron chi connectivity index (χ4n) is 3.97. The highest BCUT2D eigenvalue weighted by molar-refractivity contribution is 6.36. The molecule has 1 aliphatic carbocycles. The molecule has 2 fully saturated rings. The molecule has 3 rings (SSSR count). The molecule has 2 aliphatic rings. The van der Waals surface area contributed by atoms with E-state index in [2.05, 4.69) is 0 Å². The van der Waals surface area contributed by atoms with Crippen molar-refractivity contribution in [2.75, 3.05) is 19.8 Å². The van der Waals surface area contributed by atoms with Gasteiger partial charge in [0.1, 0.15) is 0 Å². The van der Waals surface area contributed by atoms with Gasteiger partial charge in [0.15, 0.2) is 0 Å². The van der Waals surface area contributed by atoms with Gasteiger partial charge in [0.25, 0.3) is 0 Å². The SMILES string of the molecule is NCC1(c2c(Cl)cccc2Cl)CC2(CCOCC2)C1. The third-order valence-electron chi connectivity index (χ3n) is 4.86. The Bertz CT molecular complexity index is 455. The largest absolute Gasteiger partial charge is 0.381 e. The molecule has 19 heavy (non-hydrogen) atoms. The first kappa shape index (κ1) is 13.7. The van der Waals surface area contributed by atoms with E-state index in [4.69, 9.17) is 33.7 Å². The van der Waals surface area contributed by atoms with Crippen molar-refractivity contribution >= 4 is 23.2 Å². The molecule has 2 nitrogen and oxygen atoms in total. The molecule has 1 aromatic rings. The monoisotopic (exact) mass is 299 g/mol. The van der Waals surface area contributed by atoms with Gasteiger partial charge in [0.2, 0.25) is 0 Å². The maximum Gasteiger partial charge on any atom is 0.0471 e. The summed E-state index contributed by atoms with van der Waals surface area (Å²) in [7, 11) is 0. The lowest BCUT2D eigenvalue weighted by atomic mass is 9.48. The van der Waals surface area contributed by atoms with Gasteiger partial charge in [-0.05, 0) is 48.8 Å². The fraction of sp³-hybridized carbons (Fsp3) is 0.600. The lowest BCUT2D eigenvalue weighted by Crippen LogP contribution is -2.55. The molecule has 0 unspecified atom stereocenters. The highest BCUT2D eigenvalue weighted by Crippen LogP contribution is 2.61. The highest BCUT2D eigenvalue weighted by atomic mass is 35.5. The first-order valence-corrected chi connectivity index (χ1v) is 7.59. The van der Waals surface area contributed by atoms with Crippen molar-refractivity contribution in [2.45, 2.75) is 31.1 Å². The number of nitrogens with two attached hydrogens (primary N) is 1. The Morgan fingerprint density at radius 1 is 1.11 bits per heavy atom. The molecule has 0 radical (unpaired) electrons. The molecule has 2 N–H and O–H groups in total. The van der Waals surface area contributed by atoms with E-state index in [9.17, 15) is 0 Å². The van der Waals surface area contributed by atoms with Gasteiger partial charge in [-0.2, -0.15) is 0 Å². The number of hydrogen-bond acceptors (Lipinski definition) is 2. The van der Waals surface area contributed by atoms with Crippen molar-refractivity contribution in [3.8, 4) is 0 Å². The topological polar surface area (TPSA) is 35.2 Å². The molecule has 0 bridgehead atoms. The maximum atomic E-state index is 6.37. The van der Waals surface area contributed by atoms with Crippen LogP contribution >= 0.6 is 23.2 Å². The first-order chi connectivity index (χ1) is 9.11. The van der Waals surface area contributed by atoms with Crippen LogP contribution in [0.3, 0.4) is 0 Å². The van der Waals surface area contributed by atoms with Crippen LogP contribution in [0.5, 0.6) is 0 Å². The third kappa shape index (κ3) is 2.19. The number of rotatable bonds is 2. The summed E-state index contributed by atoms with van der Waals surface area (Å²) in [5, 5.41) is 1.50. The van der Waals surface area contributed by atoms with Gasteiger partial charge in [-0.25, -0.2) is 0 Å². The molecule has 1 saturated carbocycles. The van der Waals surface area contributed by atoms with E-state index in [1.165, 1.54) is 0 Å². The molecule has 1 saturated heterocycles. The summed E-state index contributed by atoms with van der Waals surface area (Å²) in [4.78, 5) is 0. The molecular formula is C15H19Cl2NO. The zero-order valence-electron chi connectivity index (χ0n) is 10.9. The van der Waals surface area contributed by atoms with Crippen LogP contribution in [0.1, 0.15) is 31.2 Å². The predicted molar refractivity (Wildman–Crippen MR) is 78.9 cm³/mol. The number of hydrogen-bond donors (Lipinski definition) is 1. The van der Waals surface area contributed by atoms with Crippen molar-refractivity contribution in [2.24, 2.45) is 11.1 Å². The summed E-state index contributed by atoms with van der Waals surface area (Å²) in [6.45, 7) is 2.35. The second-order valence-corrected chi connectivity index (χ2v) is 6.86. The minimum Gasteiger partial charge on any atom is -0.381 e. The molecular weight excluding hydrogens is 281 g/mol. The van der Waals surface area contributed by atoms with Crippen molar-refractivity contribution in [1.82, 2.24) is 0 Å². The Morgan fingerprint density at radius 3 is 2.21 bits per heavy atom. The number of ether oxygens (including phenoxy) is 1. The van der Waals surface area contributed by atoms with Crippen molar-refractivity contribution < 1.29 is 4.74 Å². The molecule has 1 aromatic carbocycles.